The Balaban J connectivity index is 2.65. The average molecular weight is 203 g/mol. The lowest BCUT2D eigenvalue weighted by atomic mass is 10.1. The molecule has 3 heteroatoms. The highest BCUT2D eigenvalue weighted by atomic mass is 15.3. The molecule has 1 unspecified atom stereocenters. The highest BCUT2D eigenvalue weighted by molar-refractivity contribution is 5.82. The number of rotatable bonds is 2. The second-order valence-electron chi connectivity index (χ2n) is 3.97. The van der Waals surface area contributed by atoms with Crippen LogP contribution in [-0.4, -0.2) is 9.78 Å². The van der Waals surface area contributed by atoms with E-state index in [1.807, 2.05) is 17.7 Å². The highest BCUT2D eigenvalue weighted by Gasteiger charge is 2.08. The van der Waals surface area contributed by atoms with Crippen molar-refractivity contribution in [2.45, 2.75) is 33.4 Å². The molecule has 0 saturated heterocycles. The Morgan fingerprint density at radius 3 is 2.80 bits per heavy atom. The van der Waals surface area contributed by atoms with Gasteiger partial charge >= 0.3 is 0 Å². The molecule has 2 rings (SSSR count). The van der Waals surface area contributed by atoms with E-state index >= 15 is 0 Å². The van der Waals surface area contributed by atoms with Crippen LogP contribution in [-0.2, 0) is 6.54 Å². The van der Waals surface area contributed by atoms with E-state index in [0.717, 1.165) is 12.1 Å². The first-order valence-electron chi connectivity index (χ1n) is 5.36. The van der Waals surface area contributed by atoms with Gasteiger partial charge in [-0.15, -0.1) is 0 Å². The zero-order valence-electron chi connectivity index (χ0n) is 9.49. The number of hydrogen-bond donors (Lipinski definition) is 1. The van der Waals surface area contributed by atoms with Crippen molar-refractivity contribution in [1.82, 2.24) is 9.78 Å². The SMILES string of the molecule is CCn1nc2ccc(C(C)N)cc2c1C. The van der Waals surface area contributed by atoms with Crippen LogP contribution in [0.3, 0.4) is 0 Å². The van der Waals surface area contributed by atoms with Crippen molar-refractivity contribution < 1.29 is 0 Å². The molecule has 0 amide bonds. The fourth-order valence-electron chi connectivity index (χ4n) is 1.87. The molecule has 80 valence electrons. The topological polar surface area (TPSA) is 43.8 Å². The third-order valence-electron chi connectivity index (χ3n) is 2.85. The smallest absolute Gasteiger partial charge is 0.0926 e. The maximum absolute atomic E-state index is 5.87. The maximum atomic E-state index is 5.87. The molecule has 0 aliphatic carbocycles. The molecular weight excluding hydrogens is 186 g/mol. The number of benzene rings is 1. The van der Waals surface area contributed by atoms with Gasteiger partial charge in [0.05, 0.1) is 5.52 Å². The number of nitrogens with two attached hydrogens (primary N) is 1. The molecule has 0 spiro atoms. The Bertz CT molecular complexity index is 483. The molecular formula is C12H17N3. The molecule has 1 heterocycles. The molecule has 1 aromatic carbocycles. The van der Waals surface area contributed by atoms with Crippen LogP contribution in [0.1, 0.15) is 31.1 Å². The van der Waals surface area contributed by atoms with Gasteiger partial charge in [-0.25, -0.2) is 0 Å². The standard InChI is InChI=1S/C12H17N3/c1-4-15-9(3)11-7-10(8(2)13)5-6-12(11)14-15/h5-8H,4,13H2,1-3H3. The molecule has 0 aliphatic rings. The lowest BCUT2D eigenvalue weighted by Gasteiger charge is -2.04. The number of fused-ring (bicyclic) bond motifs is 1. The summed E-state index contributed by atoms with van der Waals surface area (Å²) in [6.07, 6.45) is 0. The van der Waals surface area contributed by atoms with E-state index in [-0.39, 0.29) is 6.04 Å². The Morgan fingerprint density at radius 2 is 2.20 bits per heavy atom. The Labute approximate surface area is 89.9 Å². The average Bonchev–Trinajstić information content (AvgIpc) is 2.55. The third kappa shape index (κ3) is 1.63. The largest absolute Gasteiger partial charge is 0.324 e. The van der Waals surface area contributed by atoms with E-state index in [1.165, 1.54) is 16.6 Å². The van der Waals surface area contributed by atoms with Crippen molar-refractivity contribution in [3.8, 4) is 0 Å². The minimum absolute atomic E-state index is 0.0822. The van der Waals surface area contributed by atoms with E-state index in [9.17, 15) is 0 Å². The lowest BCUT2D eigenvalue weighted by molar-refractivity contribution is 0.647. The lowest BCUT2D eigenvalue weighted by Crippen LogP contribution is -2.04. The van der Waals surface area contributed by atoms with Crippen molar-refractivity contribution >= 4 is 10.9 Å². The molecule has 0 aliphatic heterocycles. The highest BCUT2D eigenvalue weighted by Crippen LogP contribution is 2.21. The van der Waals surface area contributed by atoms with Crippen LogP contribution in [0.4, 0.5) is 0 Å². The van der Waals surface area contributed by atoms with Crippen molar-refractivity contribution in [2.24, 2.45) is 5.73 Å². The fraction of sp³-hybridized carbons (Fsp3) is 0.417. The molecule has 3 nitrogen and oxygen atoms in total. The molecule has 0 bridgehead atoms. The summed E-state index contributed by atoms with van der Waals surface area (Å²) in [7, 11) is 0. The van der Waals surface area contributed by atoms with Gasteiger partial charge in [-0.1, -0.05) is 6.07 Å². The van der Waals surface area contributed by atoms with Crippen molar-refractivity contribution in [1.29, 1.82) is 0 Å². The fourth-order valence-corrected chi connectivity index (χ4v) is 1.87. The zero-order chi connectivity index (χ0) is 11.0. The summed E-state index contributed by atoms with van der Waals surface area (Å²) in [5.74, 6) is 0. The van der Waals surface area contributed by atoms with Crippen LogP contribution in [0.2, 0.25) is 0 Å². The van der Waals surface area contributed by atoms with Gasteiger partial charge in [0, 0.05) is 23.7 Å². The molecule has 1 aromatic heterocycles. The van der Waals surface area contributed by atoms with E-state index in [1.54, 1.807) is 0 Å². The number of hydrogen-bond acceptors (Lipinski definition) is 2. The summed E-state index contributed by atoms with van der Waals surface area (Å²) < 4.78 is 2.02. The normalized spacial score (nSPS) is 13.3. The summed E-state index contributed by atoms with van der Waals surface area (Å²) in [5.41, 5.74) is 9.31. The molecule has 0 saturated carbocycles. The molecule has 0 fully saturated rings. The number of nitrogens with zero attached hydrogens (tertiary/aromatic N) is 2. The minimum Gasteiger partial charge on any atom is -0.324 e. The van der Waals surface area contributed by atoms with E-state index in [4.69, 9.17) is 5.73 Å². The van der Waals surface area contributed by atoms with E-state index in [0.29, 0.717) is 0 Å². The molecule has 2 aromatic rings. The third-order valence-corrected chi connectivity index (χ3v) is 2.85. The summed E-state index contributed by atoms with van der Waals surface area (Å²) in [5, 5.41) is 5.72. The van der Waals surface area contributed by atoms with Gasteiger partial charge in [-0.2, -0.15) is 5.10 Å². The first-order chi connectivity index (χ1) is 7.13. The van der Waals surface area contributed by atoms with Gasteiger partial charge in [0.15, 0.2) is 0 Å². The zero-order valence-corrected chi connectivity index (χ0v) is 9.49. The van der Waals surface area contributed by atoms with E-state index < -0.39 is 0 Å². The number of aromatic nitrogens is 2. The van der Waals surface area contributed by atoms with Crippen molar-refractivity contribution in [3.05, 3.63) is 29.5 Å². The first kappa shape index (κ1) is 10.2. The Kier molecular flexibility index (Phi) is 2.49. The van der Waals surface area contributed by atoms with Gasteiger partial charge in [-0.3, -0.25) is 4.68 Å². The van der Waals surface area contributed by atoms with Crippen LogP contribution < -0.4 is 5.73 Å². The van der Waals surface area contributed by atoms with Gasteiger partial charge < -0.3 is 5.73 Å². The summed E-state index contributed by atoms with van der Waals surface area (Å²) in [6.45, 7) is 7.11. The predicted octanol–water partition coefficient (Wildman–Crippen LogP) is 2.38. The molecule has 1 atom stereocenters. The predicted molar refractivity (Wildman–Crippen MR) is 62.7 cm³/mol. The van der Waals surface area contributed by atoms with Crippen LogP contribution >= 0.6 is 0 Å². The molecule has 0 radical (unpaired) electrons. The first-order valence-corrected chi connectivity index (χ1v) is 5.36. The second kappa shape index (κ2) is 3.66. The summed E-state index contributed by atoms with van der Waals surface area (Å²) in [6, 6.07) is 6.33. The van der Waals surface area contributed by atoms with E-state index in [2.05, 4.69) is 31.1 Å². The summed E-state index contributed by atoms with van der Waals surface area (Å²) in [4.78, 5) is 0. The van der Waals surface area contributed by atoms with Gasteiger partial charge in [0.25, 0.3) is 0 Å². The van der Waals surface area contributed by atoms with Gasteiger partial charge in [0.2, 0.25) is 0 Å². The molecule has 2 N–H and O–H groups in total. The maximum Gasteiger partial charge on any atom is 0.0926 e. The summed E-state index contributed by atoms with van der Waals surface area (Å²) >= 11 is 0. The second-order valence-corrected chi connectivity index (χ2v) is 3.97. The van der Waals surface area contributed by atoms with Crippen LogP contribution in [0.15, 0.2) is 18.2 Å². The molecule has 15 heavy (non-hydrogen) atoms. The van der Waals surface area contributed by atoms with Gasteiger partial charge in [0.1, 0.15) is 0 Å². The Hall–Kier alpha value is -1.35. The van der Waals surface area contributed by atoms with Crippen molar-refractivity contribution in [2.75, 3.05) is 0 Å². The quantitative estimate of drug-likeness (QED) is 0.814. The van der Waals surface area contributed by atoms with Gasteiger partial charge in [-0.05, 0) is 38.5 Å². The Morgan fingerprint density at radius 1 is 1.47 bits per heavy atom. The minimum atomic E-state index is 0.0822. The monoisotopic (exact) mass is 203 g/mol. The van der Waals surface area contributed by atoms with Crippen LogP contribution in [0, 0.1) is 6.92 Å². The van der Waals surface area contributed by atoms with Crippen LogP contribution in [0.5, 0.6) is 0 Å². The van der Waals surface area contributed by atoms with Crippen LogP contribution in [0.25, 0.3) is 10.9 Å². The number of aryl methyl sites for hydroxylation is 2. The van der Waals surface area contributed by atoms with Crippen molar-refractivity contribution in [3.63, 3.8) is 0 Å².